The summed E-state index contributed by atoms with van der Waals surface area (Å²) in [6, 6.07) is 9.93. The number of methoxy groups -OCH3 is 1. The average Bonchev–Trinajstić information content (AvgIpc) is 3.30. The Labute approximate surface area is 177 Å². The number of hydrogen-bond acceptors (Lipinski definition) is 7. The molecule has 1 aliphatic rings. The first-order chi connectivity index (χ1) is 14.4. The van der Waals surface area contributed by atoms with Crippen LogP contribution in [-0.4, -0.2) is 38.5 Å². The molecule has 8 nitrogen and oxygen atoms in total. The normalized spacial score (nSPS) is 13.7. The molecular formula is C20H20N2O6S2. The first kappa shape index (κ1) is 20.4. The van der Waals surface area contributed by atoms with Gasteiger partial charge in [0.15, 0.2) is 26.1 Å². The Morgan fingerprint density at radius 2 is 1.90 bits per heavy atom. The van der Waals surface area contributed by atoms with Gasteiger partial charge in [-0.15, -0.1) is 0 Å². The highest BCUT2D eigenvalue weighted by atomic mass is 32.2. The lowest BCUT2D eigenvalue weighted by atomic mass is 10.3. The zero-order valence-electron chi connectivity index (χ0n) is 16.5. The Morgan fingerprint density at radius 1 is 1.20 bits per heavy atom. The van der Waals surface area contributed by atoms with E-state index in [9.17, 15) is 13.2 Å². The Balaban J connectivity index is 1.44. The molecule has 0 radical (unpaired) electrons. The van der Waals surface area contributed by atoms with Crippen molar-refractivity contribution in [3.8, 4) is 17.2 Å². The van der Waals surface area contributed by atoms with Gasteiger partial charge in [-0.05, 0) is 30.7 Å². The fraction of sp³-hybridized carbons (Fsp3) is 0.300. The van der Waals surface area contributed by atoms with Gasteiger partial charge >= 0.3 is 0 Å². The van der Waals surface area contributed by atoms with E-state index in [1.54, 1.807) is 12.1 Å². The number of rotatable bonds is 6. The molecule has 2 aromatic carbocycles. The predicted molar refractivity (Wildman–Crippen MR) is 112 cm³/mol. The van der Waals surface area contributed by atoms with Crippen LogP contribution in [0, 0.1) is 0 Å². The van der Waals surface area contributed by atoms with Gasteiger partial charge in [0.05, 0.1) is 28.0 Å². The molecule has 0 saturated carbocycles. The molecule has 1 amide bonds. The largest absolute Gasteiger partial charge is 0.497 e. The van der Waals surface area contributed by atoms with Crippen LogP contribution in [0.4, 0.5) is 0 Å². The molecular weight excluding hydrogens is 428 g/mol. The van der Waals surface area contributed by atoms with Crippen LogP contribution < -0.4 is 19.0 Å². The number of hydrogen-bond donors (Lipinski definition) is 0. The maximum Gasteiger partial charge on any atom is 0.248 e. The first-order valence-electron chi connectivity index (χ1n) is 9.21. The van der Waals surface area contributed by atoms with Gasteiger partial charge in [-0.1, -0.05) is 11.3 Å². The number of amides is 1. The minimum atomic E-state index is -3.47. The molecule has 1 aromatic heterocycles. The number of benzene rings is 2. The van der Waals surface area contributed by atoms with Crippen molar-refractivity contribution in [1.82, 2.24) is 4.57 Å². The van der Waals surface area contributed by atoms with E-state index in [2.05, 4.69) is 4.99 Å². The highest BCUT2D eigenvalue weighted by molar-refractivity contribution is 7.91. The molecule has 158 valence electrons. The van der Waals surface area contributed by atoms with Crippen LogP contribution in [0.2, 0.25) is 0 Å². The zero-order chi connectivity index (χ0) is 21.3. The summed E-state index contributed by atoms with van der Waals surface area (Å²) in [5.74, 6) is 1.44. The quantitative estimate of drug-likeness (QED) is 0.575. The van der Waals surface area contributed by atoms with Crippen molar-refractivity contribution in [2.45, 2.75) is 17.7 Å². The van der Waals surface area contributed by atoms with Gasteiger partial charge in [0, 0.05) is 25.6 Å². The Bertz CT molecular complexity index is 1270. The number of carbonyl (C=O) groups is 1. The summed E-state index contributed by atoms with van der Waals surface area (Å²) in [4.78, 5) is 17.2. The summed E-state index contributed by atoms with van der Waals surface area (Å²) in [5, 5.41) is 0. The van der Waals surface area contributed by atoms with Crippen molar-refractivity contribution >= 4 is 37.3 Å². The molecule has 0 aliphatic carbocycles. The molecule has 0 bridgehead atoms. The number of ether oxygens (including phenoxy) is 3. The van der Waals surface area contributed by atoms with Crippen LogP contribution in [0.25, 0.3) is 10.2 Å². The van der Waals surface area contributed by atoms with E-state index in [0.717, 1.165) is 10.2 Å². The van der Waals surface area contributed by atoms with E-state index in [0.29, 0.717) is 22.0 Å². The van der Waals surface area contributed by atoms with E-state index in [-0.39, 0.29) is 36.2 Å². The maximum atomic E-state index is 12.4. The van der Waals surface area contributed by atoms with E-state index < -0.39 is 9.84 Å². The second-order valence-electron chi connectivity index (χ2n) is 6.72. The molecule has 0 unspecified atom stereocenters. The van der Waals surface area contributed by atoms with Gasteiger partial charge in [-0.2, -0.15) is 4.99 Å². The molecule has 0 fully saturated rings. The molecule has 0 N–H and O–H groups in total. The number of fused-ring (bicyclic) bond motifs is 2. The standard InChI is InChI=1S/C20H20N2O6S2/c1-22-15-10-16-17(28-12-27-16)11-18(15)29-20(22)21-19(23)4-3-9-30(24,25)14-7-5-13(26-2)6-8-14/h5-8,10-11H,3-4,9,12H2,1-2H3. The smallest absolute Gasteiger partial charge is 0.248 e. The van der Waals surface area contributed by atoms with E-state index in [4.69, 9.17) is 14.2 Å². The molecule has 10 heteroatoms. The molecule has 0 saturated heterocycles. The van der Waals surface area contributed by atoms with Crippen molar-refractivity contribution < 1.29 is 27.4 Å². The second-order valence-corrected chi connectivity index (χ2v) is 9.84. The molecule has 2 heterocycles. The predicted octanol–water partition coefficient (Wildman–Crippen LogP) is 2.66. The summed E-state index contributed by atoms with van der Waals surface area (Å²) in [6.07, 6.45) is 0.244. The fourth-order valence-electron chi connectivity index (χ4n) is 3.10. The summed E-state index contributed by atoms with van der Waals surface area (Å²) in [7, 11) is -0.130. The summed E-state index contributed by atoms with van der Waals surface area (Å²) < 4.78 is 43.4. The van der Waals surface area contributed by atoms with Gasteiger partial charge in [0.2, 0.25) is 12.7 Å². The minimum absolute atomic E-state index is 0.0480. The number of aromatic nitrogens is 1. The third-order valence-electron chi connectivity index (χ3n) is 4.75. The molecule has 30 heavy (non-hydrogen) atoms. The van der Waals surface area contributed by atoms with Gasteiger partial charge in [-0.3, -0.25) is 4.79 Å². The van der Waals surface area contributed by atoms with Gasteiger partial charge in [-0.25, -0.2) is 8.42 Å². The van der Waals surface area contributed by atoms with Gasteiger partial charge < -0.3 is 18.8 Å². The monoisotopic (exact) mass is 448 g/mol. The summed E-state index contributed by atoms with van der Waals surface area (Å²) >= 11 is 1.37. The average molecular weight is 449 g/mol. The lowest BCUT2D eigenvalue weighted by molar-refractivity contribution is -0.118. The molecule has 0 spiro atoms. The highest BCUT2D eigenvalue weighted by Gasteiger charge is 2.18. The Hall–Kier alpha value is -2.85. The second kappa shape index (κ2) is 8.11. The number of carbonyl (C=O) groups excluding carboxylic acids is 1. The number of nitrogens with zero attached hydrogens (tertiary/aromatic N) is 2. The third-order valence-corrected chi connectivity index (χ3v) is 7.66. The Morgan fingerprint density at radius 3 is 2.60 bits per heavy atom. The fourth-order valence-corrected chi connectivity index (χ4v) is 5.46. The molecule has 0 atom stereocenters. The van der Waals surface area contributed by atoms with Crippen molar-refractivity contribution in [1.29, 1.82) is 0 Å². The number of sulfone groups is 1. The van der Waals surface area contributed by atoms with Crippen LogP contribution in [0.3, 0.4) is 0 Å². The SMILES string of the molecule is COc1ccc(S(=O)(=O)CCCC(=O)N=c2sc3cc4c(cc3n2C)OCO4)cc1. The van der Waals surface area contributed by atoms with Crippen LogP contribution in [0.1, 0.15) is 12.8 Å². The van der Waals surface area contributed by atoms with Crippen LogP contribution in [0.15, 0.2) is 46.3 Å². The lowest BCUT2D eigenvalue weighted by Crippen LogP contribution is -2.14. The minimum Gasteiger partial charge on any atom is -0.497 e. The summed E-state index contributed by atoms with van der Waals surface area (Å²) in [6.45, 7) is 0.200. The third kappa shape index (κ3) is 4.05. The van der Waals surface area contributed by atoms with Crippen molar-refractivity contribution in [3.63, 3.8) is 0 Å². The van der Waals surface area contributed by atoms with E-state index >= 15 is 0 Å². The number of thiazole rings is 1. The van der Waals surface area contributed by atoms with E-state index in [1.807, 2.05) is 23.7 Å². The van der Waals surface area contributed by atoms with Gasteiger partial charge in [0.25, 0.3) is 0 Å². The maximum absolute atomic E-state index is 12.4. The van der Waals surface area contributed by atoms with Gasteiger partial charge in [0.1, 0.15) is 5.75 Å². The van der Waals surface area contributed by atoms with Crippen molar-refractivity contribution in [2.24, 2.45) is 12.0 Å². The van der Waals surface area contributed by atoms with Crippen LogP contribution in [0.5, 0.6) is 17.2 Å². The van der Waals surface area contributed by atoms with Crippen molar-refractivity contribution in [3.05, 3.63) is 41.2 Å². The first-order valence-corrected chi connectivity index (χ1v) is 11.7. The van der Waals surface area contributed by atoms with Crippen LogP contribution >= 0.6 is 11.3 Å². The number of aryl methyl sites for hydroxylation is 1. The summed E-state index contributed by atoms with van der Waals surface area (Å²) in [5.41, 5.74) is 0.887. The molecule has 4 rings (SSSR count). The lowest BCUT2D eigenvalue weighted by Gasteiger charge is -2.05. The zero-order valence-corrected chi connectivity index (χ0v) is 18.1. The molecule has 1 aliphatic heterocycles. The van der Waals surface area contributed by atoms with Crippen molar-refractivity contribution in [2.75, 3.05) is 19.7 Å². The molecule has 3 aromatic rings. The van der Waals surface area contributed by atoms with E-state index in [1.165, 1.54) is 30.6 Å². The highest BCUT2D eigenvalue weighted by Crippen LogP contribution is 2.36. The Kier molecular flexibility index (Phi) is 5.52. The van der Waals surface area contributed by atoms with Crippen LogP contribution in [-0.2, 0) is 21.7 Å². The topological polar surface area (TPSA) is 96.2 Å².